The number of aliphatic hydroxyl groups is 1. The standard InChI is InChI=1S/C16H29NO3/c1-2-11-20-12-9-16(19)17-10-5-7-14(17)13-6-3-4-8-15(13)18/h13-15,18H,2-12H2,1H3. The molecule has 2 fully saturated rings. The van der Waals surface area contributed by atoms with Gasteiger partial charge in [-0.2, -0.15) is 0 Å². The molecule has 4 heteroatoms. The van der Waals surface area contributed by atoms with E-state index in [9.17, 15) is 9.90 Å². The molecule has 0 aromatic carbocycles. The van der Waals surface area contributed by atoms with Crippen LogP contribution in [0, 0.1) is 5.92 Å². The average Bonchev–Trinajstić information content (AvgIpc) is 2.93. The topological polar surface area (TPSA) is 49.8 Å². The van der Waals surface area contributed by atoms with E-state index < -0.39 is 0 Å². The summed E-state index contributed by atoms with van der Waals surface area (Å²) in [5, 5.41) is 10.2. The van der Waals surface area contributed by atoms with Crippen LogP contribution >= 0.6 is 0 Å². The number of aliphatic hydroxyl groups excluding tert-OH is 1. The third-order valence-corrected chi connectivity index (χ3v) is 4.70. The van der Waals surface area contributed by atoms with Crippen LogP contribution in [-0.2, 0) is 9.53 Å². The van der Waals surface area contributed by atoms with Gasteiger partial charge in [0, 0.05) is 25.1 Å². The van der Waals surface area contributed by atoms with Gasteiger partial charge in [0.25, 0.3) is 0 Å². The summed E-state index contributed by atoms with van der Waals surface area (Å²) >= 11 is 0. The van der Waals surface area contributed by atoms with Crippen LogP contribution in [0.2, 0.25) is 0 Å². The summed E-state index contributed by atoms with van der Waals surface area (Å²) in [7, 11) is 0. The van der Waals surface area contributed by atoms with Crippen LogP contribution in [0.25, 0.3) is 0 Å². The van der Waals surface area contributed by atoms with Crippen LogP contribution in [0.4, 0.5) is 0 Å². The van der Waals surface area contributed by atoms with E-state index in [0.29, 0.717) is 18.9 Å². The van der Waals surface area contributed by atoms with E-state index >= 15 is 0 Å². The van der Waals surface area contributed by atoms with Gasteiger partial charge >= 0.3 is 0 Å². The Hall–Kier alpha value is -0.610. The van der Waals surface area contributed by atoms with Crippen molar-refractivity contribution in [3.05, 3.63) is 0 Å². The maximum atomic E-state index is 12.3. The van der Waals surface area contributed by atoms with Crippen molar-refractivity contribution in [3.63, 3.8) is 0 Å². The molecule has 0 bridgehead atoms. The first-order chi connectivity index (χ1) is 9.74. The number of hydrogen-bond donors (Lipinski definition) is 1. The van der Waals surface area contributed by atoms with Gasteiger partial charge in [-0.1, -0.05) is 19.8 Å². The summed E-state index contributed by atoms with van der Waals surface area (Å²) in [5.74, 6) is 0.508. The molecule has 3 atom stereocenters. The number of ether oxygens (including phenoxy) is 1. The molecule has 0 aromatic heterocycles. The molecule has 116 valence electrons. The average molecular weight is 283 g/mol. The van der Waals surface area contributed by atoms with Gasteiger partial charge in [-0.05, 0) is 32.1 Å². The summed E-state index contributed by atoms with van der Waals surface area (Å²) in [6.07, 6.45) is 7.71. The molecule has 0 aromatic rings. The quantitative estimate of drug-likeness (QED) is 0.761. The first-order valence-electron chi connectivity index (χ1n) is 8.29. The Morgan fingerprint density at radius 3 is 2.75 bits per heavy atom. The molecule has 1 aliphatic heterocycles. The van der Waals surface area contributed by atoms with Gasteiger partial charge < -0.3 is 14.7 Å². The zero-order valence-corrected chi connectivity index (χ0v) is 12.7. The Morgan fingerprint density at radius 2 is 2.00 bits per heavy atom. The Labute approximate surface area is 122 Å². The van der Waals surface area contributed by atoms with E-state index in [1.165, 1.54) is 6.42 Å². The van der Waals surface area contributed by atoms with Crippen molar-refractivity contribution in [3.8, 4) is 0 Å². The zero-order valence-electron chi connectivity index (χ0n) is 12.7. The van der Waals surface area contributed by atoms with E-state index in [1.54, 1.807) is 0 Å². The SMILES string of the molecule is CCCOCCC(=O)N1CCCC1C1CCCCC1O. The van der Waals surface area contributed by atoms with Crippen LogP contribution in [0.5, 0.6) is 0 Å². The van der Waals surface area contributed by atoms with Crippen molar-refractivity contribution in [2.45, 2.75) is 70.4 Å². The highest BCUT2D eigenvalue weighted by Gasteiger charge is 2.38. The Morgan fingerprint density at radius 1 is 1.20 bits per heavy atom. The fraction of sp³-hybridized carbons (Fsp3) is 0.938. The zero-order chi connectivity index (χ0) is 14.4. The summed E-state index contributed by atoms with van der Waals surface area (Å²) < 4.78 is 5.42. The van der Waals surface area contributed by atoms with Crippen molar-refractivity contribution in [2.75, 3.05) is 19.8 Å². The number of rotatable bonds is 6. The van der Waals surface area contributed by atoms with Gasteiger partial charge in [0.15, 0.2) is 0 Å². The highest BCUT2D eigenvalue weighted by molar-refractivity contribution is 5.77. The van der Waals surface area contributed by atoms with Crippen molar-refractivity contribution >= 4 is 5.91 Å². The predicted molar refractivity (Wildman–Crippen MR) is 78.4 cm³/mol. The van der Waals surface area contributed by atoms with Crippen molar-refractivity contribution in [1.29, 1.82) is 0 Å². The molecular formula is C16H29NO3. The molecule has 4 nitrogen and oxygen atoms in total. The summed E-state index contributed by atoms with van der Waals surface area (Å²) in [5.41, 5.74) is 0. The van der Waals surface area contributed by atoms with Gasteiger partial charge in [0.05, 0.1) is 19.1 Å². The van der Waals surface area contributed by atoms with Gasteiger partial charge in [-0.15, -0.1) is 0 Å². The molecule has 0 radical (unpaired) electrons. The molecule has 1 aliphatic carbocycles. The summed E-state index contributed by atoms with van der Waals surface area (Å²) in [4.78, 5) is 14.4. The molecule has 2 rings (SSSR count). The van der Waals surface area contributed by atoms with Gasteiger partial charge in [0.2, 0.25) is 5.91 Å². The highest BCUT2D eigenvalue weighted by atomic mass is 16.5. The largest absolute Gasteiger partial charge is 0.393 e. The van der Waals surface area contributed by atoms with Gasteiger partial charge in [-0.3, -0.25) is 4.79 Å². The van der Waals surface area contributed by atoms with E-state index in [1.807, 2.05) is 4.90 Å². The Bertz CT molecular complexity index is 308. The molecule has 3 unspecified atom stereocenters. The minimum atomic E-state index is -0.210. The highest BCUT2D eigenvalue weighted by Crippen LogP contribution is 2.34. The Balaban J connectivity index is 1.84. The second-order valence-electron chi connectivity index (χ2n) is 6.17. The van der Waals surface area contributed by atoms with E-state index in [4.69, 9.17) is 4.74 Å². The summed E-state index contributed by atoms with van der Waals surface area (Å²) in [6.45, 7) is 4.20. The number of carbonyl (C=O) groups is 1. The second kappa shape index (κ2) is 7.99. The number of hydrogen-bond acceptors (Lipinski definition) is 3. The summed E-state index contributed by atoms with van der Waals surface area (Å²) in [6, 6.07) is 0.268. The van der Waals surface area contributed by atoms with E-state index in [0.717, 1.165) is 51.7 Å². The van der Waals surface area contributed by atoms with Crippen LogP contribution in [0.1, 0.15) is 58.3 Å². The maximum absolute atomic E-state index is 12.3. The fourth-order valence-electron chi connectivity index (χ4n) is 3.69. The van der Waals surface area contributed by atoms with Gasteiger partial charge in [0.1, 0.15) is 0 Å². The molecule has 1 heterocycles. The molecule has 1 N–H and O–H groups in total. The predicted octanol–water partition coefficient (Wildman–Crippen LogP) is 2.35. The van der Waals surface area contributed by atoms with Crippen LogP contribution in [-0.4, -0.2) is 47.8 Å². The third-order valence-electron chi connectivity index (χ3n) is 4.70. The lowest BCUT2D eigenvalue weighted by Crippen LogP contribution is -2.45. The minimum absolute atomic E-state index is 0.210. The van der Waals surface area contributed by atoms with Gasteiger partial charge in [-0.25, -0.2) is 0 Å². The molecule has 1 saturated heterocycles. The number of nitrogens with zero attached hydrogens (tertiary/aromatic N) is 1. The molecule has 2 aliphatic rings. The van der Waals surface area contributed by atoms with E-state index in [2.05, 4.69) is 6.92 Å². The lowest BCUT2D eigenvalue weighted by molar-refractivity contribution is -0.135. The van der Waals surface area contributed by atoms with Crippen LogP contribution < -0.4 is 0 Å². The monoisotopic (exact) mass is 283 g/mol. The third kappa shape index (κ3) is 3.95. The first-order valence-corrected chi connectivity index (χ1v) is 8.29. The molecule has 20 heavy (non-hydrogen) atoms. The second-order valence-corrected chi connectivity index (χ2v) is 6.17. The van der Waals surface area contributed by atoms with Crippen molar-refractivity contribution < 1.29 is 14.6 Å². The molecule has 1 saturated carbocycles. The smallest absolute Gasteiger partial charge is 0.225 e. The molecule has 1 amide bonds. The van der Waals surface area contributed by atoms with E-state index in [-0.39, 0.29) is 18.1 Å². The van der Waals surface area contributed by atoms with Crippen LogP contribution in [0.15, 0.2) is 0 Å². The van der Waals surface area contributed by atoms with Crippen molar-refractivity contribution in [2.24, 2.45) is 5.92 Å². The normalized spacial score (nSPS) is 30.7. The lowest BCUT2D eigenvalue weighted by Gasteiger charge is -2.37. The number of likely N-dealkylation sites (tertiary alicyclic amines) is 1. The molecular weight excluding hydrogens is 254 g/mol. The number of carbonyl (C=O) groups excluding carboxylic acids is 1. The number of amides is 1. The first kappa shape index (κ1) is 15.8. The Kier molecular flexibility index (Phi) is 6.30. The fourth-order valence-corrected chi connectivity index (χ4v) is 3.69. The van der Waals surface area contributed by atoms with Crippen molar-refractivity contribution in [1.82, 2.24) is 4.90 Å². The molecule has 0 spiro atoms. The lowest BCUT2D eigenvalue weighted by atomic mass is 9.80. The maximum Gasteiger partial charge on any atom is 0.225 e. The minimum Gasteiger partial charge on any atom is -0.393 e. The van der Waals surface area contributed by atoms with Crippen LogP contribution in [0.3, 0.4) is 0 Å².